The Labute approximate surface area is 202 Å². The van der Waals surface area contributed by atoms with Gasteiger partial charge >= 0.3 is 17.9 Å². The van der Waals surface area contributed by atoms with Crippen LogP contribution in [0.5, 0.6) is 0 Å². The van der Waals surface area contributed by atoms with Gasteiger partial charge in [0.25, 0.3) is 5.91 Å². The highest BCUT2D eigenvalue weighted by Crippen LogP contribution is 2.76. The van der Waals surface area contributed by atoms with Crippen molar-refractivity contribution in [2.24, 2.45) is 22.2 Å². The average Bonchev–Trinajstić information content (AvgIpc) is 3.39. The number of nitrogens with zero attached hydrogens (tertiary/aromatic N) is 1. The molecule has 2 spiro atoms. The van der Waals surface area contributed by atoms with Gasteiger partial charge in [0.1, 0.15) is 16.9 Å². The molecule has 9 nitrogen and oxygen atoms in total. The molecule has 0 radical (unpaired) electrons. The number of carbonyl (C=O) groups is 4. The molecule has 1 amide bonds. The van der Waals surface area contributed by atoms with E-state index in [9.17, 15) is 24.3 Å². The summed E-state index contributed by atoms with van der Waals surface area (Å²) in [6.45, 7) is 5.75. The van der Waals surface area contributed by atoms with E-state index in [1.807, 2.05) is 20.8 Å². The monoisotopic (exact) mass is 483 g/mol. The lowest BCUT2D eigenvalue weighted by molar-refractivity contribution is -0.212. The second-order valence-corrected chi connectivity index (χ2v) is 11.7. The molecule has 9 heteroatoms. The first-order valence-corrected chi connectivity index (χ1v) is 12.2. The Morgan fingerprint density at radius 2 is 1.83 bits per heavy atom. The van der Waals surface area contributed by atoms with E-state index in [1.165, 1.54) is 4.90 Å². The number of hydrogen-bond donors (Lipinski definition) is 1. The van der Waals surface area contributed by atoms with Gasteiger partial charge in [-0.15, -0.1) is 0 Å². The Morgan fingerprint density at radius 1 is 1.14 bits per heavy atom. The van der Waals surface area contributed by atoms with Crippen molar-refractivity contribution >= 4 is 23.8 Å². The molecule has 35 heavy (non-hydrogen) atoms. The Bertz CT molecular complexity index is 1140. The lowest BCUT2D eigenvalue weighted by Crippen LogP contribution is -2.66. The molecule has 3 saturated heterocycles. The molecule has 6 atom stereocenters. The first kappa shape index (κ1) is 22.5. The third-order valence-corrected chi connectivity index (χ3v) is 8.95. The van der Waals surface area contributed by atoms with Crippen molar-refractivity contribution in [1.82, 2.24) is 4.90 Å². The van der Waals surface area contributed by atoms with Gasteiger partial charge in [0.15, 0.2) is 12.3 Å². The van der Waals surface area contributed by atoms with Crippen molar-refractivity contribution < 1.29 is 38.5 Å². The fraction of sp³-hybridized carbons (Fsp3) is 0.615. The van der Waals surface area contributed by atoms with E-state index in [0.717, 1.165) is 12.8 Å². The first-order chi connectivity index (χ1) is 16.5. The summed E-state index contributed by atoms with van der Waals surface area (Å²) in [5, 5.41) is 12.5. The summed E-state index contributed by atoms with van der Waals surface area (Å²) in [4.78, 5) is 54.9. The van der Waals surface area contributed by atoms with Crippen molar-refractivity contribution in [1.29, 1.82) is 0 Å². The maximum atomic E-state index is 14.0. The molecule has 0 unspecified atom stereocenters. The number of amides is 1. The number of aliphatic hydroxyl groups is 1. The summed E-state index contributed by atoms with van der Waals surface area (Å²) in [7, 11) is 0. The smallest absolute Gasteiger partial charge is 0.338 e. The van der Waals surface area contributed by atoms with E-state index in [1.54, 1.807) is 30.3 Å². The molecule has 0 aromatic heterocycles. The van der Waals surface area contributed by atoms with Gasteiger partial charge < -0.3 is 24.2 Å². The van der Waals surface area contributed by atoms with Crippen molar-refractivity contribution in [3.63, 3.8) is 0 Å². The number of ether oxygens (including phenoxy) is 3. The fourth-order valence-electron chi connectivity index (χ4n) is 7.11. The first-order valence-electron chi connectivity index (χ1n) is 12.2. The van der Waals surface area contributed by atoms with Gasteiger partial charge in [-0.1, -0.05) is 39.0 Å². The van der Waals surface area contributed by atoms with Crippen LogP contribution in [0, 0.1) is 22.2 Å². The highest BCUT2D eigenvalue weighted by Gasteiger charge is 2.93. The molecular weight excluding hydrogens is 454 g/mol. The fourth-order valence-corrected chi connectivity index (χ4v) is 7.11. The van der Waals surface area contributed by atoms with Gasteiger partial charge in [0.05, 0.1) is 17.6 Å². The van der Waals surface area contributed by atoms with Crippen LogP contribution in [0.3, 0.4) is 0 Å². The number of hydrogen-bond acceptors (Lipinski definition) is 8. The molecule has 0 bridgehead atoms. The van der Waals surface area contributed by atoms with E-state index in [2.05, 4.69) is 0 Å². The van der Waals surface area contributed by atoms with Crippen molar-refractivity contribution in [2.75, 3.05) is 6.54 Å². The van der Waals surface area contributed by atoms with Gasteiger partial charge in [-0.3, -0.25) is 14.4 Å². The molecular formula is C26H29NO8. The second-order valence-electron chi connectivity index (χ2n) is 11.7. The quantitative estimate of drug-likeness (QED) is 0.509. The molecule has 2 saturated carbocycles. The minimum atomic E-state index is -1.72. The van der Waals surface area contributed by atoms with Crippen LogP contribution < -0.4 is 0 Å². The highest BCUT2D eigenvalue weighted by atomic mass is 16.6. The van der Waals surface area contributed by atoms with Crippen molar-refractivity contribution in [2.45, 2.75) is 70.5 Å². The molecule has 5 aliphatic rings. The second kappa shape index (κ2) is 6.84. The minimum Gasteiger partial charge on any atom is -0.461 e. The van der Waals surface area contributed by atoms with Crippen LogP contribution >= 0.6 is 0 Å². The zero-order valence-electron chi connectivity index (χ0n) is 20.0. The number of likely N-dealkylation sites (tertiary alicyclic amines) is 1. The molecule has 2 aliphatic carbocycles. The summed E-state index contributed by atoms with van der Waals surface area (Å²) < 4.78 is 17.4. The third kappa shape index (κ3) is 2.57. The van der Waals surface area contributed by atoms with E-state index < -0.39 is 64.1 Å². The molecule has 1 aromatic rings. The van der Waals surface area contributed by atoms with E-state index in [0.29, 0.717) is 6.54 Å². The maximum absolute atomic E-state index is 14.0. The molecule has 6 rings (SSSR count). The number of carbonyl (C=O) groups excluding carboxylic acids is 4. The lowest BCUT2D eigenvalue weighted by atomic mass is 9.52. The van der Waals surface area contributed by atoms with Gasteiger partial charge in [0, 0.05) is 13.0 Å². The molecule has 5 fully saturated rings. The van der Waals surface area contributed by atoms with Crippen LogP contribution in [0.4, 0.5) is 0 Å². The van der Waals surface area contributed by atoms with Gasteiger partial charge in [-0.05, 0) is 36.3 Å². The topological polar surface area (TPSA) is 119 Å². The van der Waals surface area contributed by atoms with Crippen LogP contribution in [0.25, 0.3) is 0 Å². The number of esters is 3. The molecule has 3 aliphatic heterocycles. The highest BCUT2D eigenvalue weighted by molar-refractivity contribution is 5.99. The largest absolute Gasteiger partial charge is 0.461 e. The lowest BCUT2D eigenvalue weighted by Gasteiger charge is -2.51. The Morgan fingerprint density at radius 3 is 2.46 bits per heavy atom. The summed E-state index contributed by atoms with van der Waals surface area (Å²) in [6.07, 6.45) is -2.19. The van der Waals surface area contributed by atoms with Crippen molar-refractivity contribution in [3.8, 4) is 0 Å². The zero-order valence-corrected chi connectivity index (χ0v) is 20.0. The zero-order chi connectivity index (χ0) is 25.0. The molecule has 3 heterocycles. The van der Waals surface area contributed by atoms with Gasteiger partial charge in [0.2, 0.25) is 0 Å². The summed E-state index contributed by atoms with van der Waals surface area (Å²) >= 11 is 0. The summed E-state index contributed by atoms with van der Waals surface area (Å²) in [5.74, 6) is -2.29. The summed E-state index contributed by atoms with van der Waals surface area (Å²) in [6, 6.07) is 8.25. The Kier molecular flexibility index (Phi) is 4.40. The van der Waals surface area contributed by atoms with Crippen LogP contribution in [-0.4, -0.2) is 64.4 Å². The molecule has 1 N–H and O–H groups in total. The predicted molar refractivity (Wildman–Crippen MR) is 118 cm³/mol. The Balaban J connectivity index is 1.57. The van der Waals surface area contributed by atoms with Crippen molar-refractivity contribution in [3.05, 3.63) is 35.9 Å². The minimum absolute atomic E-state index is 0.0578. The average molecular weight is 484 g/mol. The number of rotatable bonds is 4. The summed E-state index contributed by atoms with van der Waals surface area (Å²) in [5.41, 5.74) is -5.70. The Hall–Kier alpha value is -2.94. The molecule has 1 aromatic carbocycles. The van der Waals surface area contributed by atoms with Gasteiger partial charge in [-0.25, -0.2) is 4.79 Å². The van der Waals surface area contributed by atoms with E-state index >= 15 is 0 Å². The van der Waals surface area contributed by atoms with Crippen LogP contribution in [0.15, 0.2) is 30.3 Å². The number of benzene rings is 1. The van der Waals surface area contributed by atoms with E-state index in [-0.39, 0.29) is 24.3 Å². The SMILES string of the molecule is CC(C)(C)[C@]1(O)C[C@@H]2OC(=O)C[C@@]23C(=O)O[C@@H]2N(CC4CC4)C(=O)[C@H](OC(=O)c4ccccc4)[C@]213. The van der Waals surface area contributed by atoms with E-state index in [4.69, 9.17) is 14.2 Å². The van der Waals surface area contributed by atoms with Crippen LogP contribution in [-0.2, 0) is 28.6 Å². The normalized spacial score (nSPS) is 39.7. The molecule has 186 valence electrons. The van der Waals surface area contributed by atoms with Crippen LogP contribution in [0.2, 0.25) is 0 Å². The van der Waals surface area contributed by atoms with Gasteiger partial charge in [-0.2, -0.15) is 0 Å². The standard InChI is InChI=1S/C26H29NO8/c1-23(2,3)25(32)11-16-24(12-17(28)33-16)22(31)35-21-26(24,25)18(19(29)27(21)13-14-9-10-14)34-20(30)15-7-5-4-6-8-15/h4-8,14,16,18,21,32H,9-13H2,1-3H3/t16-,18-,21-,24-,25+,26+/m0/s1. The third-order valence-electron chi connectivity index (χ3n) is 8.95. The van der Waals surface area contributed by atoms with Crippen LogP contribution in [0.1, 0.15) is 56.8 Å². The predicted octanol–water partition coefficient (Wildman–Crippen LogP) is 1.82. The maximum Gasteiger partial charge on any atom is 0.338 e.